The van der Waals surface area contributed by atoms with Gasteiger partial charge < -0.3 is 0 Å². The maximum absolute atomic E-state index is 4.06. The zero-order chi connectivity index (χ0) is 10.3. The van der Waals surface area contributed by atoms with Crippen molar-refractivity contribution in [2.24, 2.45) is 0 Å². The van der Waals surface area contributed by atoms with Gasteiger partial charge in [0.2, 0.25) is 0 Å². The van der Waals surface area contributed by atoms with E-state index in [9.17, 15) is 0 Å². The van der Waals surface area contributed by atoms with Gasteiger partial charge in [-0.25, -0.2) is 4.68 Å². The van der Waals surface area contributed by atoms with Gasteiger partial charge in [0.05, 0.1) is 5.54 Å². The summed E-state index contributed by atoms with van der Waals surface area (Å²) in [6.07, 6.45) is 0. The molecule has 0 N–H and O–H groups in total. The first-order valence-corrected chi connectivity index (χ1v) is 4.52. The van der Waals surface area contributed by atoms with Gasteiger partial charge in [-0.3, -0.25) is 0 Å². The number of tetrazole rings is 1. The van der Waals surface area contributed by atoms with Gasteiger partial charge in [-0.1, -0.05) is 20.8 Å². The van der Waals surface area contributed by atoms with Crippen LogP contribution in [0.5, 0.6) is 0 Å². The van der Waals surface area contributed by atoms with Crippen LogP contribution in [0.3, 0.4) is 0 Å². The molecule has 13 heavy (non-hydrogen) atoms. The van der Waals surface area contributed by atoms with Gasteiger partial charge in [0.25, 0.3) is 0 Å². The smallest absolute Gasteiger partial charge is 0.157 e. The monoisotopic (exact) mass is 182 g/mol. The fraction of sp³-hybridized carbons (Fsp3) is 0.889. The molecule has 4 nitrogen and oxygen atoms in total. The van der Waals surface area contributed by atoms with Crippen LogP contribution in [0.2, 0.25) is 0 Å². The molecule has 1 heterocycles. The van der Waals surface area contributed by atoms with Crippen molar-refractivity contribution in [3.63, 3.8) is 0 Å². The lowest BCUT2D eigenvalue weighted by molar-refractivity contribution is 0.314. The van der Waals surface area contributed by atoms with E-state index >= 15 is 0 Å². The molecule has 0 aliphatic rings. The van der Waals surface area contributed by atoms with Crippen LogP contribution in [-0.4, -0.2) is 20.2 Å². The summed E-state index contributed by atoms with van der Waals surface area (Å²) in [5, 5.41) is 11.8. The third-order valence-electron chi connectivity index (χ3n) is 1.78. The Kier molecular flexibility index (Phi) is 2.18. The largest absolute Gasteiger partial charge is 0.224 e. The molecule has 0 spiro atoms. The van der Waals surface area contributed by atoms with E-state index in [1.807, 2.05) is 4.68 Å². The van der Waals surface area contributed by atoms with E-state index in [4.69, 9.17) is 0 Å². The Morgan fingerprint density at radius 3 is 1.85 bits per heavy atom. The molecule has 4 heteroatoms. The third kappa shape index (κ3) is 2.05. The van der Waals surface area contributed by atoms with Gasteiger partial charge >= 0.3 is 0 Å². The van der Waals surface area contributed by atoms with Crippen LogP contribution in [0.15, 0.2) is 0 Å². The molecule has 0 atom stereocenters. The summed E-state index contributed by atoms with van der Waals surface area (Å²) in [7, 11) is 0. The molecule has 0 saturated heterocycles. The van der Waals surface area contributed by atoms with Crippen molar-refractivity contribution in [2.45, 2.75) is 52.5 Å². The van der Waals surface area contributed by atoms with E-state index in [2.05, 4.69) is 57.1 Å². The van der Waals surface area contributed by atoms with Crippen LogP contribution >= 0.6 is 0 Å². The summed E-state index contributed by atoms with van der Waals surface area (Å²) in [6.45, 7) is 12.6. The molecule has 0 aliphatic carbocycles. The van der Waals surface area contributed by atoms with Crippen LogP contribution in [-0.2, 0) is 11.0 Å². The third-order valence-corrected chi connectivity index (χ3v) is 1.78. The maximum atomic E-state index is 4.06. The molecule has 74 valence electrons. The number of hydrogen-bond acceptors (Lipinski definition) is 3. The SMILES string of the molecule is CC(C)(C)c1nnnn1C(C)(C)C. The number of hydrogen-bond donors (Lipinski definition) is 0. The Balaban J connectivity index is 3.19. The highest BCUT2D eigenvalue weighted by molar-refractivity contribution is 5.01. The Hall–Kier alpha value is -0.930. The highest BCUT2D eigenvalue weighted by Crippen LogP contribution is 2.23. The summed E-state index contributed by atoms with van der Waals surface area (Å²) >= 11 is 0. The minimum atomic E-state index is -0.0495. The van der Waals surface area contributed by atoms with Crippen molar-refractivity contribution in [3.8, 4) is 0 Å². The molecule has 0 aliphatic heterocycles. The fourth-order valence-corrected chi connectivity index (χ4v) is 1.11. The molecule has 0 amide bonds. The average Bonchev–Trinajstić information content (AvgIpc) is 2.27. The highest BCUT2D eigenvalue weighted by Gasteiger charge is 2.27. The second-order valence-corrected chi connectivity index (χ2v) is 5.34. The molecular weight excluding hydrogens is 164 g/mol. The van der Waals surface area contributed by atoms with Crippen molar-refractivity contribution < 1.29 is 0 Å². The van der Waals surface area contributed by atoms with Crippen molar-refractivity contribution in [1.29, 1.82) is 0 Å². The van der Waals surface area contributed by atoms with Gasteiger partial charge in [0.15, 0.2) is 5.82 Å². The van der Waals surface area contributed by atoms with Gasteiger partial charge in [-0.2, -0.15) is 0 Å². The average molecular weight is 182 g/mol. The lowest BCUT2D eigenvalue weighted by Gasteiger charge is -2.25. The zero-order valence-corrected chi connectivity index (χ0v) is 9.29. The van der Waals surface area contributed by atoms with Gasteiger partial charge in [0, 0.05) is 5.41 Å². The lowest BCUT2D eigenvalue weighted by Crippen LogP contribution is -2.30. The first-order chi connectivity index (χ1) is 5.73. The second kappa shape index (κ2) is 2.79. The van der Waals surface area contributed by atoms with Crippen LogP contribution in [0.25, 0.3) is 0 Å². The summed E-state index contributed by atoms with van der Waals surface area (Å²) in [5.74, 6) is 0.931. The Labute approximate surface area is 79.3 Å². The number of nitrogens with zero attached hydrogens (tertiary/aromatic N) is 4. The van der Waals surface area contributed by atoms with Crippen molar-refractivity contribution in [3.05, 3.63) is 5.82 Å². The molecule has 0 unspecified atom stereocenters. The topological polar surface area (TPSA) is 43.6 Å². The van der Waals surface area contributed by atoms with Crippen LogP contribution in [0, 0.1) is 0 Å². The van der Waals surface area contributed by atoms with Crippen molar-refractivity contribution >= 4 is 0 Å². The van der Waals surface area contributed by atoms with Crippen LogP contribution in [0.4, 0.5) is 0 Å². The molecule has 0 radical (unpaired) electrons. The molecule has 0 saturated carbocycles. The van der Waals surface area contributed by atoms with E-state index < -0.39 is 0 Å². The normalized spacial score (nSPS) is 13.4. The van der Waals surface area contributed by atoms with E-state index in [0.29, 0.717) is 0 Å². The van der Waals surface area contributed by atoms with Gasteiger partial charge in [-0.15, -0.1) is 5.10 Å². The van der Waals surface area contributed by atoms with E-state index in [0.717, 1.165) is 5.82 Å². The predicted octanol–water partition coefficient (Wildman–Crippen LogP) is 1.73. The summed E-state index contributed by atoms with van der Waals surface area (Å²) < 4.78 is 1.88. The molecule has 1 aromatic heterocycles. The molecule has 1 aromatic rings. The number of aromatic nitrogens is 4. The Morgan fingerprint density at radius 1 is 1.00 bits per heavy atom. The molecule has 0 fully saturated rings. The quantitative estimate of drug-likeness (QED) is 0.613. The lowest BCUT2D eigenvalue weighted by atomic mass is 9.94. The summed E-state index contributed by atoms with van der Waals surface area (Å²) in [4.78, 5) is 0. The zero-order valence-electron chi connectivity index (χ0n) is 9.29. The van der Waals surface area contributed by atoms with E-state index in [1.165, 1.54) is 0 Å². The minimum Gasteiger partial charge on any atom is -0.224 e. The molecule has 0 bridgehead atoms. The van der Waals surface area contributed by atoms with Gasteiger partial charge in [0.1, 0.15) is 0 Å². The predicted molar refractivity (Wildman–Crippen MR) is 51.5 cm³/mol. The minimum absolute atomic E-state index is 0.00319. The fourth-order valence-electron chi connectivity index (χ4n) is 1.11. The first-order valence-electron chi connectivity index (χ1n) is 4.52. The van der Waals surface area contributed by atoms with E-state index in [-0.39, 0.29) is 11.0 Å². The Morgan fingerprint density at radius 2 is 1.54 bits per heavy atom. The van der Waals surface area contributed by atoms with Gasteiger partial charge in [-0.05, 0) is 31.2 Å². The molecular formula is C9H18N4. The standard InChI is InChI=1S/C9H18N4/c1-8(2,3)7-10-11-12-13(7)9(4,5)6/h1-6H3. The van der Waals surface area contributed by atoms with Crippen molar-refractivity contribution in [1.82, 2.24) is 20.2 Å². The maximum Gasteiger partial charge on any atom is 0.157 e. The Bertz CT molecular complexity index is 259. The summed E-state index contributed by atoms with van der Waals surface area (Å²) in [6, 6.07) is 0. The first kappa shape index (κ1) is 10.2. The molecule has 0 aromatic carbocycles. The van der Waals surface area contributed by atoms with Crippen LogP contribution < -0.4 is 0 Å². The molecule has 1 rings (SSSR count). The van der Waals surface area contributed by atoms with E-state index in [1.54, 1.807) is 0 Å². The van der Waals surface area contributed by atoms with Crippen LogP contribution in [0.1, 0.15) is 47.4 Å². The highest BCUT2D eigenvalue weighted by atomic mass is 15.6. The second-order valence-electron chi connectivity index (χ2n) is 5.34. The number of rotatable bonds is 0. The van der Waals surface area contributed by atoms with Crippen molar-refractivity contribution in [2.75, 3.05) is 0 Å². The summed E-state index contributed by atoms with van der Waals surface area (Å²) in [5.41, 5.74) is -0.0527.